The molecule has 1 aromatic rings. The molecule has 1 fully saturated rings. The normalized spacial score (nSPS) is 25.8. The van der Waals surface area contributed by atoms with Gasteiger partial charge in [-0.25, -0.2) is 0 Å². The number of nitrogens with one attached hydrogen (secondary N) is 1. The maximum absolute atomic E-state index is 4.55. The van der Waals surface area contributed by atoms with Gasteiger partial charge in [0.15, 0.2) is 0 Å². The van der Waals surface area contributed by atoms with Crippen molar-refractivity contribution in [3.8, 4) is 0 Å². The number of hydrogen-bond acceptors (Lipinski definition) is 2. The average molecular weight is 260 g/mol. The number of nitrogens with zero attached hydrogens (tertiary/aromatic N) is 1. The van der Waals surface area contributed by atoms with Gasteiger partial charge in [-0.2, -0.15) is 0 Å². The van der Waals surface area contributed by atoms with Crippen LogP contribution in [0.15, 0.2) is 24.4 Å². The van der Waals surface area contributed by atoms with Crippen LogP contribution < -0.4 is 5.32 Å². The zero-order chi connectivity index (χ0) is 13.9. The van der Waals surface area contributed by atoms with E-state index in [-0.39, 0.29) is 0 Å². The molecule has 3 atom stereocenters. The van der Waals surface area contributed by atoms with E-state index in [1.165, 1.54) is 31.4 Å². The molecule has 2 heteroatoms. The van der Waals surface area contributed by atoms with Crippen molar-refractivity contribution >= 4 is 0 Å². The van der Waals surface area contributed by atoms with Crippen LogP contribution in [-0.4, -0.2) is 18.1 Å². The van der Waals surface area contributed by atoms with Gasteiger partial charge < -0.3 is 5.32 Å². The van der Waals surface area contributed by atoms with E-state index < -0.39 is 0 Å². The average Bonchev–Trinajstić information content (AvgIpc) is 2.42. The molecule has 1 heterocycles. The highest BCUT2D eigenvalue weighted by molar-refractivity contribution is 5.12. The van der Waals surface area contributed by atoms with Crippen LogP contribution in [0.1, 0.15) is 58.1 Å². The highest BCUT2D eigenvalue weighted by Crippen LogP contribution is 2.44. The molecule has 0 spiro atoms. The predicted octanol–water partition coefficient (Wildman–Crippen LogP) is 3.99. The molecule has 0 aromatic carbocycles. The van der Waals surface area contributed by atoms with E-state index in [0.717, 1.165) is 5.92 Å². The van der Waals surface area contributed by atoms with E-state index in [4.69, 9.17) is 0 Å². The van der Waals surface area contributed by atoms with Crippen LogP contribution in [0.5, 0.6) is 0 Å². The van der Waals surface area contributed by atoms with E-state index in [0.29, 0.717) is 17.4 Å². The van der Waals surface area contributed by atoms with Gasteiger partial charge in [0.25, 0.3) is 0 Å². The lowest BCUT2D eigenvalue weighted by Crippen LogP contribution is -2.46. The Balaban J connectivity index is 2.19. The fraction of sp³-hybridized carbons (Fsp3) is 0.706. The number of rotatable bonds is 4. The Hall–Kier alpha value is -0.890. The molecule has 3 unspecified atom stereocenters. The van der Waals surface area contributed by atoms with Gasteiger partial charge in [0.2, 0.25) is 0 Å². The molecule has 0 radical (unpaired) electrons. The van der Waals surface area contributed by atoms with Gasteiger partial charge in [-0.05, 0) is 43.4 Å². The third-order valence-corrected chi connectivity index (χ3v) is 5.05. The molecule has 1 aliphatic carbocycles. The molecule has 106 valence electrons. The Bertz CT molecular complexity index is 386. The molecular weight excluding hydrogens is 232 g/mol. The van der Waals surface area contributed by atoms with E-state index in [1.54, 1.807) is 0 Å². The lowest BCUT2D eigenvalue weighted by molar-refractivity contribution is 0.0918. The van der Waals surface area contributed by atoms with Crippen LogP contribution in [0, 0.1) is 11.3 Å². The molecule has 2 nitrogen and oxygen atoms in total. The topological polar surface area (TPSA) is 24.9 Å². The van der Waals surface area contributed by atoms with Crippen molar-refractivity contribution in [2.24, 2.45) is 11.3 Å². The van der Waals surface area contributed by atoms with Crippen molar-refractivity contribution in [1.82, 2.24) is 10.3 Å². The smallest absolute Gasteiger partial charge is 0.0447 e. The molecule has 0 amide bonds. The number of hydrogen-bond donors (Lipinski definition) is 1. The fourth-order valence-corrected chi connectivity index (χ4v) is 3.82. The molecule has 1 aliphatic rings. The summed E-state index contributed by atoms with van der Waals surface area (Å²) in [5.41, 5.74) is 1.65. The maximum atomic E-state index is 4.55. The van der Waals surface area contributed by atoms with Gasteiger partial charge in [0.1, 0.15) is 0 Å². The first kappa shape index (κ1) is 14.5. The zero-order valence-corrected chi connectivity index (χ0v) is 12.8. The second kappa shape index (κ2) is 6.04. The van der Waals surface area contributed by atoms with E-state index >= 15 is 0 Å². The van der Waals surface area contributed by atoms with Crippen LogP contribution in [0.4, 0.5) is 0 Å². The second-order valence-corrected chi connectivity index (χ2v) is 6.70. The van der Waals surface area contributed by atoms with Crippen molar-refractivity contribution in [2.45, 2.75) is 58.4 Å². The monoisotopic (exact) mass is 260 g/mol. The fourth-order valence-electron chi connectivity index (χ4n) is 3.82. The van der Waals surface area contributed by atoms with E-state index in [2.05, 4.69) is 50.3 Å². The quantitative estimate of drug-likeness (QED) is 0.885. The molecule has 1 saturated carbocycles. The zero-order valence-electron chi connectivity index (χ0n) is 12.8. The van der Waals surface area contributed by atoms with Gasteiger partial charge in [-0.1, -0.05) is 39.7 Å². The van der Waals surface area contributed by atoms with Gasteiger partial charge in [-0.3, -0.25) is 4.98 Å². The van der Waals surface area contributed by atoms with Crippen LogP contribution in [0.3, 0.4) is 0 Å². The third kappa shape index (κ3) is 3.17. The first-order chi connectivity index (χ1) is 9.06. The van der Waals surface area contributed by atoms with Crippen molar-refractivity contribution < 1.29 is 0 Å². The van der Waals surface area contributed by atoms with Crippen molar-refractivity contribution in [3.63, 3.8) is 0 Å². The molecule has 0 saturated heterocycles. The molecule has 1 aromatic heterocycles. The Labute approximate surface area is 118 Å². The minimum atomic E-state index is 0.439. The molecule has 2 rings (SSSR count). The predicted molar refractivity (Wildman–Crippen MR) is 81.2 cm³/mol. The molecule has 0 aliphatic heterocycles. The SMILES string of the molecule is CNC(C(C)c1ccccn1)C1CCCCC1(C)C. The summed E-state index contributed by atoms with van der Waals surface area (Å²) in [7, 11) is 2.11. The highest BCUT2D eigenvalue weighted by Gasteiger charge is 2.39. The molecular formula is C17H28N2. The van der Waals surface area contributed by atoms with Crippen LogP contribution in [0.25, 0.3) is 0 Å². The van der Waals surface area contributed by atoms with Crippen LogP contribution >= 0.6 is 0 Å². The Morgan fingerprint density at radius 3 is 2.68 bits per heavy atom. The largest absolute Gasteiger partial charge is 0.316 e. The highest BCUT2D eigenvalue weighted by atomic mass is 14.9. The van der Waals surface area contributed by atoms with E-state index in [9.17, 15) is 0 Å². The summed E-state index contributed by atoms with van der Waals surface area (Å²) in [5.74, 6) is 1.21. The van der Waals surface area contributed by atoms with E-state index in [1.807, 2.05) is 12.3 Å². The van der Waals surface area contributed by atoms with Crippen molar-refractivity contribution in [2.75, 3.05) is 7.05 Å². The molecule has 1 N–H and O–H groups in total. The summed E-state index contributed by atoms with van der Waals surface area (Å²) in [4.78, 5) is 4.55. The van der Waals surface area contributed by atoms with Gasteiger partial charge in [0, 0.05) is 23.9 Å². The van der Waals surface area contributed by atoms with Gasteiger partial charge in [0.05, 0.1) is 0 Å². The minimum Gasteiger partial charge on any atom is -0.316 e. The summed E-state index contributed by atoms with van der Waals surface area (Å²) in [6.07, 6.45) is 7.37. The molecule has 19 heavy (non-hydrogen) atoms. The maximum Gasteiger partial charge on any atom is 0.0447 e. The lowest BCUT2D eigenvalue weighted by atomic mass is 9.63. The third-order valence-electron chi connectivity index (χ3n) is 5.05. The van der Waals surface area contributed by atoms with Crippen LogP contribution in [-0.2, 0) is 0 Å². The Morgan fingerprint density at radius 2 is 2.11 bits per heavy atom. The first-order valence-corrected chi connectivity index (χ1v) is 7.64. The Kier molecular flexibility index (Phi) is 4.62. The Morgan fingerprint density at radius 1 is 1.32 bits per heavy atom. The summed E-state index contributed by atoms with van der Waals surface area (Å²) in [6.45, 7) is 7.19. The van der Waals surface area contributed by atoms with Gasteiger partial charge >= 0.3 is 0 Å². The summed E-state index contributed by atoms with van der Waals surface area (Å²) in [5, 5.41) is 3.59. The van der Waals surface area contributed by atoms with Crippen molar-refractivity contribution in [1.29, 1.82) is 0 Å². The minimum absolute atomic E-state index is 0.439. The van der Waals surface area contributed by atoms with Crippen molar-refractivity contribution in [3.05, 3.63) is 30.1 Å². The molecule has 0 bridgehead atoms. The summed E-state index contributed by atoms with van der Waals surface area (Å²) >= 11 is 0. The first-order valence-electron chi connectivity index (χ1n) is 7.64. The summed E-state index contributed by atoms with van der Waals surface area (Å²) in [6, 6.07) is 6.77. The van der Waals surface area contributed by atoms with Gasteiger partial charge in [-0.15, -0.1) is 0 Å². The number of likely N-dealkylation sites (N-methyl/N-ethyl adjacent to an activating group) is 1. The number of pyridine rings is 1. The lowest BCUT2D eigenvalue weighted by Gasteiger charge is -2.45. The standard InChI is InChI=1S/C17H28N2/c1-13(15-10-6-8-12-19-15)16(18-4)14-9-5-7-11-17(14,2)3/h6,8,10,12-14,16,18H,5,7,9,11H2,1-4H3. The van der Waals surface area contributed by atoms with Crippen LogP contribution in [0.2, 0.25) is 0 Å². The second-order valence-electron chi connectivity index (χ2n) is 6.70. The summed E-state index contributed by atoms with van der Waals surface area (Å²) < 4.78 is 0. The number of aromatic nitrogens is 1.